The van der Waals surface area contributed by atoms with Crippen molar-refractivity contribution in [3.8, 4) is 0 Å². The number of hydrogen-bond acceptors (Lipinski definition) is 6. The van der Waals surface area contributed by atoms with Crippen LogP contribution in [-0.4, -0.2) is 38.8 Å². The van der Waals surface area contributed by atoms with Crippen LogP contribution < -0.4 is 10.6 Å². The molecular weight excluding hydrogens is 379 g/mol. The van der Waals surface area contributed by atoms with Crippen molar-refractivity contribution in [2.24, 2.45) is 0 Å². The highest BCUT2D eigenvalue weighted by Crippen LogP contribution is 2.32. The zero-order valence-electron chi connectivity index (χ0n) is 15.4. The fourth-order valence-corrected chi connectivity index (χ4v) is 3.90. The maximum atomic E-state index is 13.9. The third kappa shape index (κ3) is 4.36. The molecule has 6 nitrogen and oxygen atoms in total. The smallest absolute Gasteiger partial charge is 0.156 e. The maximum Gasteiger partial charge on any atom is 0.156 e. The van der Waals surface area contributed by atoms with Gasteiger partial charge < -0.3 is 5.32 Å². The number of hydrogen-bond donors (Lipinski definition) is 2. The van der Waals surface area contributed by atoms with Crippen LogP contribution in [0.5, 0.6) is 0 Å². The largest absolute Gasteiger partial charge is 0.368 e. The van der Waals surface area contributed by atoms with Gasteiger partial charge in [0.15, 0.2) is 12.1 Å². The minimum absolute atomic E-state index is 0.116. The molecule has 4 rings (SSSR count). The van der Waals surface area contributed by atoms with E-state index in [1.54, 1.807) is 12.3 Å². The molecular formula is C20H22ClFN6. The Kier molecular flexibility index (Phi) is 5.92. The molecule has 1 saturated heterocycles. The van der Waals surface area contributed by atoms with Gasteiger partial charge in [0.05, 0.1) is 5.52 Å². The van der Waals surface area contributed by atoms with Crippen LogP contribution in [0.15, 0.2) is 42.9 Å². The number of fused-ring (bicyclic) bond motifs is 1. The van der Waals surface area contributed by atoms with E-state index in [2.05, 4.69) is 30.6 Å². The van der Waals surface area contributed by atoms with Gasteiger partial charge in [0.25, 0.3) is 0 Å². The van der Waals surface area contributed by atoms with Crippen LogP contribution in [0.3, 0.4) is 0 Å². The molecule has 146 valence electrons. The third-order valence-corrected chi connectivity index (χ3v) is 5.30. The maximum absolute atomic E-state index is 13.9. The minimum Gasteiger partial charge on any atom is -0.368 e. The number of anilines is 1. The van der Waals surface area contributed by atoms with E-state index >= 15 is 0 Å². The van der Waals surface area contributed by atoms with Crippen LogP contribution >= 0.6 is 11.6 Å². The summed E-state index contributed by atoms with van der Waals surface area (Å²) in [5.74, 6) is 0.808. The first-order chi connectivity index (χ1) is 13.7. The number of nitrogens with one attached hydrogen (secondary N) is 2. The minimum atomic E-state index is -0.960. The summed E-state index contributed by atoms with van der Waals surface area (Å²) in [5.41, 5.74) is 2.39. The number of aromatic nitrogens is 4. The second-order valence-electron chi connectivity index (χ2n) is 6.98. The molecule has 3 atom stereocenters. The second kappa shape index (κ2) is 8.75. The average Bonchev–Trinajstić information content (AvgIpc) is 3.09. The van der Waals surface area contributed by atoms with Gasteiger partial charge in [-0.25, -0.2) is 19.3 Å². The van der Waals surface area contributed by atoms with Crippen molar-refractivity contribution in [1.82, 2.24) is 25.3 Å². The summed E-state index contributed by atoms with van der Waals surface area (Å²) in [5, 5.41) is 6.80. The highest BCUT2D eigenvalue weighted by atomic mass is 35.5. The van der Waals surface area contributed by atoms with Gasteiger partial charge >= 0.3 is 0 Å². The summed E-state index contributed by atoms with van der Waals surface area (Å²) >= 11 is 5.99. The van der Waals surface area contributed by atoms with Crippen molar-refractivity contribution >= 4 is 28.5 Å². The molecule has 0 spiro atoms. The average molecular weight is 401 g/mol. The number of halogens is 2. The molecule has 0 aliphatic carbocycles. The van der Waals surface area contributed by atoms with Crippen molar-refractivity contribution < 1.29 is 4.39 Å². The van der Waals surface area contributed by atoms with Gasteiger partial charge in [-0.2, -0.15) is 0 Å². The lowest BCUT2D eigenvalue weighted by atomic mass is 9.92. The Balaban J connectivity index is 1.30. The molecule has 3 unspecified atom stereocenters. The topological polar surface area (TPSA) is 75.6 Å². The van der Waals surface area contributed by atoms with E-state index in [1.807, 2.05) is 24.3 Å². The summed E-state index contributed by atoms with van der Waals surface area (Å²) in [6, 6.07) is 9.49. The fourth-order valence-electron chi connectivity index (χ4n) is 3.75. The summed E-state index contributed by atoms with van der Waals surface area (Å²) in [6.07, 6.45) is 5.62. The molecule has 28 heavy (non-hydrogen) atoms. The quantitative estimate of drug-likeness (QED) is 0.353. The molecule has 3 aromatic heterocycles. The number of rotatable bonds is 7. The van der Waals surface area contributed by atoms with Gasteiger partial charge in [0.2, 0.25) is 0 Å². The van der Waals surface area contributed by atoms with Crippen LogP contribution in [0.4, 0.5) is 10.2 Å². The Morgan fingerprint density at radius 3 is 2.93 bits per heavy atom. The monoisotopic (exact) mass is 400 g/mol. The molecule has 4 heterocycles. The Hall–Kier alpha value is -2.38. The molecule has 0 bridgehead atoms. The van der Waals surface area contributed by atoms with Gasteiger partial charge in [-0.3, -0.25) is 10.3 Å². The van der Waals surface area contributed by atoms with E-state index in [1.165, 1.54) is 6.33 Å². The normalized spacial score (nSPS) is 21.9. The van der Waals surface area contributed by atoms with E-state index in [-0.39, 0.29) is 12.0 Å². The SMILES string of the molecule is FC1CC(c2ccccn2)C(CCCCNc2ncnc3ccc(Cl)nc23)N1. The van der Waals surface area contributed by atoms with Crippen LogP contribution in [0.2, 0.25) is 5.15 Å². The Bertz CT molecular complexity index is 925. The molecule has 2 N–H and O–H groups in total. The number of pyridine rings is 2. The van der Waals surface area contributed by atoms with Crippen LogP contribution in [0.1, 0.15) is 37.3 Å². The molecule has 1 fully saturated rings. The molecule has 8 heteroatoms. The molecule has 1 aliphatic heterocycles. The standard InChI is InChI=1S/C20H22ClFN6/c21-17-8-7-16-19(28-17)20(26-12-25-16)24-10-4-2-6-15-13(11-18(22)27-15)14-5-1-3-9-23-14/h1,3,5,7-9,12-13,15,18,27H,2,4,6,10-11H2,(H,24,25,26). The van der Waals surface area contributed by atoms with Gasteiger partial charge in [-0.05, 0) is 37.1 Å². The number of alkyl halides is 1. The molecule has 0 saturated carbocycles. The van der Waals surface area contributed by atoms with E-state index in [0.717, 1.165) is 37.0 Å². The van der Waals surface area contributed by atoms with Crippen molar-refractivity contribution in [2.75, 3.05) is 11.9 Å². The molecule has 3 aromatic rings. The third-order valence-electron chi connectivity index (χ3n) is 5.09. The predicted octanol–water partition coefficient (Wildman–Crippen LogP) is 4.10. The highest BCUT2D eigenvalue weighted by Gasteiger charge is 2.34. The second-order valence-corrected chi connectivity index (χ2v) is 7.37. The summed E-state index contributed by atoms with van der Waals surface area (Å²) in [7, 11) is 0. The van der Waals surface area contributed by atoms with Crippen LogP contribution in [-0.2, 0) is 0 Å². The molecule has 0 radical (unpaired) electrons. The Morgan fingerprint density at radius 1 is 1.14 bits per heavy atom. The van der Waals surface area contributed by atoms with E-state index in [9.17, 15) is 4.39 Å². The number of unbranched alkanes of at least 4 members (excludes halogenated alkanes) is 1. The first-order valence-electron chi connectivity index (χ1n) is 9.53. The summed E-state index contributed by atoms with van der Waals surface area (Å²) in [4.78, 5) is 17.2. The van der Waals surface area contributed by atoms with E-state index < -0.39 is 6.30 Å². The highest BCUT2D eigenvalue weighted by molar-refractivity contribution is 6.29. The Labute approximate surface area is 168 Å². The summed E-state index contributed by atoms with van der Waals surface area (Å²) in [6.45, 7) is 0.750. The Morgan fingerprint density at radius 2 is 2.07 bits per heavy atom. The lowest BCUT2D eigenvalue weighted by molar-refractivity contribution is 0.295. The lowest BCUT2D eigenvalue weighted by Gasteiger charge is -2.18. The first kappa shape index (κ1) is 19.0. The van der Waals surface area contributed by atoms with Crippen molar-refractivity contribution in [3.63, 3.8) is 0 Å². The van der Waals surface area contributed by atoms with Crippen LogP contribution in [0.25, 0.3) is 11.0 Å². The van der Waals surface area contributed by atoms with Gasteiger partial charge in [-0.1, -0.05) is 24.1 Å². The molecule has 0 aromatic carbocycles. The van der Waals surface area contributed by atoms with Crippen molar-refractivity contribution in [3.05, 3.63) is 53.7 Å². The number of nitrogens with zero attached hydrogens (tertiary/aromatic N) is 4. The first-order valence-corrected chi connectivity index (χ1v) is 9.90. The van der Waals surface area contributed by atoms with Gasteiger partial charge in [0, 0.05) is 36.8 Å². The van der Waals surface area contributed by atoms with Crippen LogP contribution in [0, 0.1) is 0 Å². The van der Waals surface area contributed by atoms with Crippen molar-refractivity contribution in [1.29, 1.82) is 0 Å². The van der Waals surface area contributed by atoms with Gasteiger partial charge in [-0.15, -0.1) is 0 Å². The fraction of sp³-hybridized carbons (Fsp3) is 0.400. The zero-order chi connectivity index (χ0) is 19.3. The lowest BCUT2D eigenvalue weighted by Crippen LogP contribution is -2.29. The molecule has 0 amide bonds. The summed E-state index contributed by atoms with van der Waals surface area (Å²) < 4.78 is 13.9. The zero-order valence-corrected chi connectivity index (χ0v) is 16.1. The van der Waals surface area contributed by atoms with E-state index in [0.29, 0.717) is 22.9 Å². The van der Waals surface area contributed by atoms with Crippen molar-refractivity contribution in [2.45, 2.75) is 43.9 Å². The molecule has 1 aliphatic rings. The predicted molar refractivity (Wildman–Crippen MR) is 108 cm³/mol. The van der Waals surface area contributed by atoms with E-state index in [4.69, 9.17) is 11.6 Å². The van der Waals surface area contributed by atoms with Gasteiger partial charge in [0.1, 0.15) is 17.0 Å².